The predicted octanol–water partition coefficient (Wildman–Crippen LogP) is 4.04. The van der Waals surface area contributed by atoms with Crippen LogP contribution in [-0.2, 0) is 6.54 Å². The Morgan fingerprint density at radius 2 is 2.11 bits per heavy atom. The largest absolute Gasteiger partial charge is 0.493 e. The van der Waals surface area contributed by atoms with Crippen LogP contribution in [0, 0.1) is 12.8 Å². The highest BCUT2D eigenvalue weighted by atomic mass is 79.9. The second-order valence-corrected chi connectivity index (χ2v) is 6.42. The van der Waals surface area contributed by atoms with E-state index >= 15 is 0 Å². The van der Waals surface area contributed by atoms with Crippen LogP contribution in [0.3, 0.4) is 0 Å². The number of rotatable bonds is 6. The van der Waals surface area contributed by atoms with Gasteiger partial charge in [0.1, 0.15) is 5.75 Å². The molecule has 1 fully saturated rings. The number of hydrogen-bond donors (Lipinski definition) is 1. The molecule has 1 N–H and O–H groups in total. The Bertz CT molecular complexity index is 413. The van der Waals surface area contributed by atoms with Crippen molar-refractivity contribution in [2.75, 3.05) is 6.61 Å². The molecule has 0 spiro atoms. The molecule has 0 aliphatic heterocycles. The summed E-state index contributed by atoms with van der Waals surface area (Å²) in [6.45, 7) is 8.17. The molecule has 1 aliphatic carbocycles. The van der Waals surface area contributed by atoms with E-state index in [-0.39, 0.29) is 0 Å². The quantitative estimate of drug-likeness (QED) is 0.856. The van der Waals surface area contributed by atoms with Gasteiger partial charge >= 0.3 is 0 Å². The van der Waals surface area contributed by atoms with Gasteiger partial charge in [0.2, 0.25) is 0 Å². The lowest BCUT2D eigenvalue weighted by molar-refractivity contribution is 0.293. The predicted molar refractivity (Wildman–Crippen MR) is 79.1 cm³/mol. The van der Waals surface area contributed by atoms with Crippen LogP contribution in [0.15, 0.2) is 16.6 Å². The van der Waals surface area contributed by atoms with Crippen LogP contribution in [0.5, 0.6) is 5.75 Å². The van der Waals surface area contributed by atoms with Gasteiger partial charge in [0, 0.05) is 22.6 Å². The van der Waals surface area contributed by atoms with Crippen LogP contribution in [-0.4, -0.2) is 12.6 Å². The summed E-state index contributed by atoms with van der Waals surface area (Å²) in [5, 5.41) is 3.46. The molecule has 2 nitrogen and oxygen atoms in total. The SMILES string of the molecule is Cc1cc(Br)cc(CNC(C)C)c1OCC1CC1. The first kappa shape index (κ1) is 13.9. The lowest BCUT2D eigenvalue weighted by Gasteiger charge is -2.16. The zero-order valence-electron chi connectivity index (χ0n) is 11.4. The summed E-state index contributed by atoms with van der Waals surface area (Å²) >= 11 is 3.56. The molecule has 1 aliphatic rings. The van der Waals surface area contributed by atoms with Crippen LogP contribution in [0.1, 0.15) is 37.8 Å². The van der Waals surface area contributed by atoms with Gasteiger partial charge in [-0.25, -0.2) is 0 Å². The topological polar surface area (TPSA) is 21.3 Å². The van der Waals surface area contributed by atoms with E-state index in [0.717, 1.165) is 29.3 Å². The molecule has 0 bridgehead atoms. The molecule has 1 aromatic rings. The molecule has 1 saturated carbocycles. The summed E-state index contributed by atoms with van der Waals surface area (Å²) in [5.41, 5.74) is 2.46. The molecule has 2 rings (SSSR count). The fourth-order valence-corrected chi connectivity index (χ4v) is 2.56. The highest BCUT2D eigenvalue weighted by Gasteiger charge is 2.22. The molecular weight excluding hydrogens is 290 g/mol. The van der Waals surface area contributed by atoms with E-state index in [1.807, 2.05) is 0 Å². The number of halogens is 1. The molecule has 18 heavy (non-hydrogen) atoms. The Hall–Kier alpha value is -0.540. The molecule has 0 atom stereocenters. The molecule has 0 aromatic heterocycles. The summed E-state index contributed by atoms with van der Waals surface area (Å²) in [6.07, 6.45) is 2.66. The van der Waals surface area contributed by atoms with Crippen molar-refractivity contribution in [1.82, 2.24) is 5.32 Å². The van der Waals surface area contributed by atoms with E-state index in [1.165, 1.54) is 24.0 Å². The van der Waals surface area contributed by atoms with Crippen LogP contribution in [0.2, 0.25) is 0 Å². The van der Waals surface area contributed by atoms with E-state index in [1.54, 1.807) is 0 Å². The van der Waals surface area contributed by atoms with Crippen LogP contribution < -0.4 is 10.1 Å². The molecule has 1 aromatic carbocycles. The van der Waals surface area contributed by atoms with E-state index < -0.39 is 0 Å². The highest BCUT2D eigenvalue weighted by Crippen LogP contribution is 2.33. The van der Waals surface area contributed by atoms with Crippen molar-refractivity contribution in [3.63, 3.8) is 0 Å². The average Bonchev–Trinajstić information content (AvgIpc) is 3.08. The van der Waals surface area contributed by atoms with Crippen molar-refractivity contribution >= 4 is 15.9 Å². The minimum absolute atomic E-state index is 0.487. The fraction of sp³-hybridized carbons (Fsp3) is 0.600. The lowest BCUT2D eigenvalue weighted by atomic mass is 10.1. The van der Waals surface area contributed by atoms with E-state index in [2.05, 4.69) is 54.2 Å². The molecule has 0 saturated heterocycles. The summed E-state index contributed by atoms with van der Waals surface area (Å²) in [6, 6.07) is 4.77. The van der Waals surface area contributed by atoms with E-state index in [9.17, 15) is 0 Å². The molecule has 0 heterocycles. The third-order valence-corrected chi connectivity index (χ3v) is 3.64. The maximum atomic E-state index is 6.02. The minimum atomic E-state index is 0.487. The van der Waals surface area contributed by atoms with Gasteiger partial charge in [-0.3, -0.25) is 0 Å². The summed E-state index contributed by atoms with van der Waals surface area (Å²) in [4.78, 5) is 0. The zero-order chi connectivity index (χ0) is 13.1. The lowest BCUT2D eigenvalue weighted by Crippen LogP contribution is -2.22. The van der Waals surface area contributed by atoms with Gasteiger partial charge < -0.3 is 10.1 Å². The first-order chi connectivity index (χ1) is 8.56. The van der Waals surface area contributed by atoms with Gasteiger partial charge in [0.05, 0.1) is 6.61 Å². The van der Waals surface area contributed by atoms with Crippen molar-refractivity contribution < 1.29 is 4.74 Å². The number of aryl methyl sites for hydroxylation is 1. The second-order valence-electron chi connectivity index (χ2n) is 5.50. The Balaban J connectivity index is 2.11. The van der Waals surface area contributed by atoms with E-state index in [4.69, 9.17) is 4.74 Å². The Kier molecular flexibility index (Phi) is 4.68. The van der Waals surface area contributed by atoms with Gasteiger partial charge in [-0.1, -0.05) is 29.8 Å². The van der Waals surface area contributed by atoms with Gasteiger partial charge in [0.15, 0.2) is 0 Å². The summed E-state index contributed by atoms with van der Waals surface area (Å²) in [7, 11) is 0. The number of benzene rings is 1. The molecule has 100 valence electrons. The Labute approximate surface area is 118 Å². The first-order valence-electron chi connectivity index (χ1n) is 6.71. The highest BCUT2D eigenvalue weighted by molar-refractivity contribution is 9.10. The third kappa shape index (κ3) is 3.99. The summed E-state index contributed by atoms with van der Waals surface area (Å²) < 4.78 is 7.14. The maximum absolute atomic E-state index is 6.02. The molecule has 3 heteroatoms. The van der Waals surface area contributed by atoms with Crippen LogP contribution >= 0.6 is 15.9 Å². The molecule has 0 amide bonds. The van der Waals surface area contributed by atoms with Crippen molar-refractivity contribution in [3.05, 3.63) is 27.7 Å². The second kappa shape index (κ2) is 6.07. The van der Waals surface area contributed by atoms with E-state index in [0.29, 0.717) is 6.04 Å². The maximum Gasteiger partial charge on any atom is 0.126 e. The molecular formula is C15H22BrNO. The minimum Gasteiger partial charge on any atom is -0.493 e. The smallest absolute Gasteiger partial charge is 0.126 e. The van der Waals surface area contributed by atoms with Gasteiger partial charge in [-0.05, 0) is 43.4 Å². The first-order valence-corrected chi connectivity index (χ1v) is 7.50. The monoisotopic (exact) mass is 311 g/mol. The third-order valence-electron chi connectivity index (χ3n) is 3.18. The normalized spacial score (nSPS) is 15.2. The number of ether oxygens (including phenoxy) is 1. The number of nitrogens with one attached hydrogen (secondary N) is 1. The molecule has 0 unspecified atom stereocenters. The van der Waals surface area contributed by atoms with Crippen LogP contribution in [0.4, 0.5) is 0 Å². The van der Waals surface area contributed by atoms with Crippen molar-refractivity contribution in [3.8, 4) is 5.75 Å². The van der Waals surface area contributed by atoms with Crippen molar-refractivity contribution in [2.45, 2.75) is 46.2 Å². The Morgan fingerprint density at radius 3 is 2.72 bits per heavy atom. The molecule has 0 radical (unpaired) electrons. The van der Waals surface area contributed by atoms with Crippen LogP contribution in [0.25, 0.3) is 0 Å². The van der Waals surface area contributed by atoms with Gasteiger partial charge in [-0.2, -0.15) is 0 Å². The number of hydrogen-bond acceptors (Lipinski definition) is 2. The Morgan fingerprint density at radius 1 is 1.39 bits per heavy atom. The zero-order valence-corrected chi connectivity index (χ0v) is 13.0. The van der Waals surface area contributed by atoms with Crippen molar-refractivity contribution in [1.29, 1.82) is 0 Å². The fourth-order valence-electron chi connectivity index (χ4n) is 1.94. The van der Waals surface area contributed by atoms with Crippen molar-refractivity contribution in [2.24, 2.45) is 5.92 Å². The summed E-state index contributed by atoms with van der Waals surface area (Å²) in [5.74, 6) is 1.86. The van der Waals surface area contributed by atoms with Gasteiger partial charge in [0.25, 0.3) is 0 Å². The standard InChI is InChI=1S/C15H22BrNO/c1-10(2)17-8-13-7-14(16)6-11(3)15(13)18-9-12-4-5-12/h6-7,10,12,17H,4-5,8-9H2,1-3H3. The average molecular weight is 312 g/mol. The van der Waals surface area contributed by atoms with Gasteiger partial charge in [-0.15, -0.1) is 0 Å².